The summed E-state index contributed by atoms with van der Waals surface area (Å²) in [6, 6.07) is 5.70. The summed E-state index contributed by atoms with van der Waals surface area (Å²) in [5.41, 5.74) is 0.463. The molecule has 1 amide bonds. The molecule has 26 heavy (non-hydrogen) atoms. The minimum absolute atomic E-state index is 0.0380. The second kappa shape index (κ2) is 6.99. The van der Waals surface area contributed by atoms with Crippen LogP contribution in [0.5, 0.6) is 5.88 Å². The summed E-state index contributed by atoms with van der Waals surface area (Å²) in [6.07, 6.45) is 8.54. The lowest BCUT2D eigenvalue weighted by Gasteiger charge is -2.58. The Balaban J connectivity index is 1.35. The van der Waals surface area contributed by atoms with Gasteiger partial charge in [0.1, 0.15) is 5.69 Å². The van der Waals surface area contributed by atoms with Crippen LogP contribution in [0, 0.1) is 5.92 Å². The van der Waals surface area contributed by atoms with Gasteiger partial charge in [0, 0.05) is 37.7 Å². The van der Waals surface area contributed by atoms with Crippen LogP contribution in [-0.4, -0.2) is 69.5 Å². The number of rotatable bonds is 4. The summed E-state index contributed by atoms with van der Waals surface area (Å²) < 4.78 is 5.86. The van der Waals surface area contributed by atoms with Crippen LogP contribution in [0.1, 0.15) is 23.3 Å². The zero-order valence-corrected chi connectivity index (χ0v) is 14.9. The standard InChI is InChI=1S/C19H23N5O2/c1-23-9-5-15(12-26-17-4-2-3-6-22-17)10-19(23)13-24(14-19)18(25)16-11-20-7-8-21-16/h2-4,6-8,11,15H,5,9-10,12-14H2,1H3/t15-/m0/s1. The predicted molar refractivity (Wildman–Crippen MR) is 95.8 cm³/mol. The molecule has 2 saturated heterocycles. The van der Waals surface area contributed by atoms with E-state index in [4.69, 9.17) is 4.74 Å². The van der Waals surface area contributed by atoms with Gasteiger partial charge in [0.2, 0.25) is 5.88 Å². The van der Waals surface area contributed by atoms with Crippen molar-refractivity contribution in [3.8, 4) is 5.88 Å². The van der Waals surface area contributed by atoms with Gasteiger partial charge in [-0.1, -0.05) is 6.07 Å². The van der Waals surface area contributed by atoms with E-state index in [1.165, 1.54) is 6.20 Å². The van der Waals surface area contributed by atoms with E-state index in [2.05, 4.69) is 26.9 Å². The summed E-state index contributed by atoms with van der Waals surface area (Å²) in [5.74, 6) is 1.11. The minimum atomic E-state index is -0.0380. The molecule has 0 saturated carbocycles. The fourth-order valence-electron chi connectivity index (χ4n) is 3.94. The third-order valence-electron chi connectivity index (χ3n) is 5.50. The molecule has 1 atom stereocenters. The lowest BCUT2D eigenvalue weighted by atomic mass is 9.75. The molecule has 136 valence electrons. The maximum Gasteiger partial charge on any atom is 0.274 e. The van der Waals surface area contributed by atoms with Gasteiger partial charge in [-0.2, -0.15) is 0 Å². The largest absolute Gasteiger partial charge is 0.477 e. The van der Waals surface area contributed by atoms with Crippen molar-refractivity contribution in [2.75, 3.05) is 33.3 Å². The second-order valence-corrected chi connectivity index (χ2v) is 7.24. The second-order valence-electron chi connectivity index (χ2n) is 7.24. The first-order valence-corrected chi connectivity index (χ1v) is 8.97. The lowest BCUT2D eigenvalue weighted by molar-refractivity contribution is -0.0697. The molecule has 2 aromatic rings. The Hall–Kier alpha value is -2.54. The molecule has 4 rings (SSSR count). The fourth-order valence-corrected chi connectivity index (χ4v) is 3.94. The predicted octanol–water partition coefficient (Wildman–Crippen LogP) is 1.49. The average molecular weight is 353 g/mol. The van der Waals surface area contributed by atoms with Gasteiger partial charge in [-0.25, -0.2) is 9.97 Å². The summed E-state index contributed by atoms with van der Waals surface area (Å²) in [6.45, 7) is 3.16. The quantitative estimate of drug-likeness (QED) is 0.829. The first-order chi connectivity index (χ1) is 12.7. The fraction of sp³-hybridized carbons (Fsp3) is 0.474. The Kier molecular flexibility index (Phi) is 4.55. The van der Waals surface area contributed by atoms with Crippen LogP contribution in [-0.2, 0) is 0 Å². The molecule has 0 aliphatic carbocycles. The van der Waals surface area contributed by atoms with Crippen LogP contribution in [0.4, 0.5) is 0 Å². The number of carbonyl (C=O) groups excluding carboxylic acids is 1. The highest BCUT2D eigenvalue weighted by Crippen LogP contribution is 2.38. The number of nitrogens with zero attached hydrogens (tertiary/aromatic N) is 5. The molecule has 7 heteroatoms. The SMILES string of the molecule is CN1CC[C@H](COc2ccccn2)CC12CN(C(=O)c1cnccn1)C2. The normalized spacial score (nSPS) is 22.0. The summed E-state index contributed by atoms with van der Waals surface area (Å²) in [4.78, 5) is 29.1. The summed E-state index contributed by atoms with van der Waals surface area (Å²) >= 11 is 0. The average Bonchev–Trinajstić information content (AvgIpc) is 2.67. The van der Waals surface area contributed by atoms with Crippen molar-refractivity contribution in [2.45, 2.75) is 18.4 Å². The monoisotopic (exact) mass is 353 g/mol. The van der Waals surface area contributed by atoms with Crippen LogP contribution in [0.25, 0.3) is 0 Å². The van der Waals surface area contributed by atoms with Gasteiger partial charge in [-0.05, 0) is 38.4 Å². The molecule has 0 aromatic carbocycles. The molecule has 0 bridgehead atoms. The smallest absolute Gasteiger partial charge is 0.274 e. The lowest BCUT2D eigenvalue weighted by Crippen LogP contribution is -2.72. The van der Waals surface area contributed by atoms with E-state index in [-0.39, 0.29) is 11.4 Å². The van der Waals surface area contributed by atoms with Crippen LogP contribution >= 0.6 is 0 Å². The van der Waals surface area contributed by atoms with Gasteiger partial charge in [-0.3, -0.25) is 14.7 Å². The number of likely N-dealkylation sites (N-methyl/N-ethyl adjacent to an activating group) is 1. The molecule has 1 spiro atoms. The van der Waals surface area contributed by atoms with Gasteiger partial charge in [0.25, 0.3) is 5.91 Å². The van der Waals surface area contributed by atoms with Crippen molar-refractivity contribution in [2.24, 2.45) is 5.92 Å². The van der Waals surface area contributed by atoms with E-state index in [9.17, 15) is 4.79 Å². The number of piperidine rings is 1. The third-order valence-corrected chi connectivity index (χ3v) is 5.50. The van der Waals surface area contributed by atoms with Crippen LogP contribution < -0.4 is 4.74 Å². The third kappa shape index (κ3) is 3.26. The van der Waals surface area contributed by atoms with Crippen molar-refractivity contribution >= 4 is 5.91 Å². The van der Waals surface area contributed by atoms with E-state index in [1.54, 1.807) is 18.6 Å². The molecule has 0 unspecified atom stereocenters. The summed E-state index contributed by atoms with van der Waals surface area (Å²) in [5, 5.41) is 0. The molecular weight excluding hydrogens is 330 g/mol. The Morgan fingerprint density at radius 1 is 1.27 bits per heavy atom. The maximum atomic E-state index is 12.5. The highest BCUT2D eigenvalue weighted by Gasteiger charge is 2.51. The number of pyridine rings is 1. The number of ether oxygens (including phenoxy) is 1. The summed E-state index contributed by atoms with van der Waals surface area (Å²) in [7, 11) is 2.15. The van der Waals surface area contributed by atoms with Crippen LogP contribution in [0.15, 0.2) is 43.0 Å². The van der Waals surface area contributed by atoms with Crippen molar-refractivity contribution in [3.63, 3.8) is 0 Å². The zero-order valence-electron chi connectivity index (χ0n) is 14.9. The number of hydrogen-bond acceptors (Lipinski definition) is 6. The molecule has 0 N–H and O–H groups in total. The molecular formula is C19H23N5O2. The molecule has 7 nitrogen and oxygen atoms in total. The minimum Gasteiger partial charge on any atom is -0.477 e. The molecule has 0 radical (unpaired) electrons. The topological polar surface area (TPSA) is 71.5 Å². The Labute approximate surface area is 153 Å². The van der Waals surface area contributed by atoms with Crippen molar-refractivity contribution in [1.82, 2.24) is 24.8 Å². The van der Waals surface area contributed by atoms with Crippen molar-refractivity contribution in [3.05, 3.63) is 48.7 Å². The highest BCUT2D eigenvalue weighted by atomic mass is 16.5. The van der Waals surface area contributed by atoms with Gasteiger partial charge >= 0.3 is 0 Å². The number of hydrogen-bond donors (Lipinski definition) is 0. The van der Waals surface area contributed by atoms with Crippen molar-refractivity contribution in [1.29, 1.82) is 0 Å². The first kappa shape index (κ1) is 16.9. The maximum absolute atomic E-state index is 12.5. The van der Waals surface area contributed by atoms with Crippen LogP contribution in [0.3, 0.4) is 0 Å². The molecule has 4 heterocycles. The number of aromatic nitrogens is 3. The molecule has 2 aromatic heterocycles. The van der Waals surface area contributed by atoms with Crippen LogP contribution in [0.2, 0.25) is 0 Å². The Bertz CT molecular complexity index is 749. The molecule has 2 aliphatic heterocycles. The molecule has 2 aliphatic rings. The number of carbonyl (C=O) groups is 1. The van der Waals surface area contributed by atoms with E-state index >= 15 is 0 Å². The molecule has 2 fully saturated rings. The van der Waals surface area contributed by atoms with Gasteiger partial charge in [0.05, 0.1) is 18.3 Å². The first-order valence-electron chi connectivity index (χ1n) is 8.97. The van der Waals surface area contributed by atoms with Crippen molar-refractivity contribution < 1.29 is 9.53 Å². The zero-order chi connectivity index (χ0) is 18.0. The Morgan fingerprint density at radius 3 is 2.88 bits per heavy atom. The number of amides is 1. The van der Waals surface area contributed by atoms with Gasteiger partial charge < -0.3 is 9.64 Å². The van der Waals surface area contributed by atoms with Gasteiger partial charge in [0.15, 0.2) is 0 Å². The van der Waals surface area contributed by atoms with E-state index in [0.29, 0.717) is 24.1 Å². The highest BCUT2D eigenvalue weighted by molar-refractivity contribution is 5.92. The Morgan fingerprint density at radius 2 is 2.15 bits per heavy atom. The van der Waals surface area contributed by atoms with E-state index in [0.717, 1.165) is 32.5 Å². The van der Waals surface area contributed by atoms with E-state index in [1.807, 2.05) is 23.1 Å². The number of likely N-dealkylation sites (tertiary alicyclic amines) is 2. The van der Waals surface area contributed by atoms with E-state index < -0.39 is 0 Å². The van der Waals surface area contributed by atoms with Gasteiger partial charge in [-0.15, -0.1) is 0 Å².